The van der Waals surface area contributed by atoms with E-state index in [4.69, 9.17) is 0 Å². The maximum atomic E-state index is 9.49. The Morgan fingerprint density at radius 3 is 2.28 bits per heavy atom. The summed E-state index contributed by atoms with van der Waals surface area (Å²) in [6.45, 7) is 12.9. The van der Waals surface area contributed by atoms with Crippen molar-refractivity contribution in [2.24, 2.45) is 58.2 Å². The van der Waals surface area contributed by atoms with E-state index < -0.39 is 0 Å². The van der Waals surface area contributed by atoms with Crippen molar-refractivity contribution in [2.45, 2.75) is 112 Å². The van der Waals surface area contributed by atoms with Crippen LogP contribution in [0.25, 0.3) is 0 Å². The second-order valence-electron chi connectivity index (χ2n) is 12.8. The smallest absolute Gasteiger partial charge is 0.0459 e. The SMILES string of the molecule is CC(CO)C(C)CCC(C)[C@H]1CC[C@H]2[C@@H]3CCC4CCCC[C@]4(C)[C@H]3CC[C@]12C. The topological polar surface area (TPSA) is 20.2 Å². The third-order valence-corrected chi connectivity index (χ3v) is 11.7. The molecule has 0 aromatic rings. The summed E-state index contributed by atoms with van der Waals surface area (Å²) in [6.07, 6.45) is 17.9. The van der Waals surface area contributed by atoms with Gasteiger partial charge in [-0.2, -0.15) is 0 Å². The molecule has 4 unspecified atom stereocenters. The molecule has 4 saturated carbocycles. The van der Waals surface area contributed by atoms with E-state index in [2.05, 4.69) is 34.6 Å². The molecule has 0 amide bonds. The summed E-state index contributed by atoms with van der Waals surface area (Å²) >= 11 is 0. The zero-order valence-electron chi connectivity index (χ0n) is 20.3. The van der Waals surface area contributed by atoms with Gasteiger partial charge in [-0.25, -0.2) is 0 Å². The molecule has 0 aromatic carbocycles. The lowest BCUT2D eigenvalue weighted by molar-refractivity contribution is -0.114. The van der Waals surface area contributed by atoms with Crippen LogP contribution in [0.3, 0.4) is 0 Å². The Kier molecular flexibility index (Phi) is 6.48. The van der Waals surface area contributed by atoms with Crippen LogP contribution in [0.15, 0.2) is 0 Å². The average Bonchev–Trinajstić information content (AvgIpc) is 3.08. The van der Waals surface area contributed by atoms with Crippen molar-refractivity contribution < 1.29 is 5.11 Å². The first-order valence-electron chi connectivity index (χ1n) is 13.4. The molecule has 0 bridgehead atoms. The molecule has 0 spiro atoms. The number of fused-ring (bicyclic) bond motifs is 5. The van der Waals surface area contributed by atoms with E-state index in [1.54, 1.807) is 12.8 Å². The Morgan fingerprint density at radius 1 is 0.759 bits per heavy atom. The first kappa shape index (κ1) is 22.2. The van der Waals surface area contributed by atoms with Gasteiger partial charge in [0.2, 0.25) is 0 Å². The van der Waals surface area contributed by atoms with Gasteiger partial charge >= 0.3 is 0 Å². The minimum atomic E-state index is 0.349. The largest absolute Gasteiger partial charge is 0.396 e. The quantitative estimate of drug-likeness (QED) is 0.482. The number of hydrogen-bond donors (Lipinski definition) is 1. The van der Waals surface area contributed by atoms with Crippen molar-refractivity contribution in [3.8, 4) is 0 Å². The molecule has 29 heavy (non-hydrogen) atoms. The summed E-state index contributed by atoms with van der Waals surface area (Å²) in [6, 6.07) is 0. The van der Waals surface area contributed by atoms with E-state index in [1.165, 1.54) is 64.2 Å². The van der Waals surface area contributed by atoms with Crippen molar-refractivity contribution >= 4 is 0 Å². The lowest BCUT2D eigenvalue weighted by atomic mass is 9.44. The fourth-order valence-electron chi connectivity index (χ4n) is 9.46. The maximum absolute atomic E-state index is 9.49. The van der Waals surface area contributed by atoms with Crippen molar-refractivity contribution in [3.63, 3.8) is 0 Å². The van der Waals surface area contributed by atoms with Gasteiger partial charge in [0.05, 0.1) is 0 Å². The predicted molar refractivity (Wildman–Crippen MR) is 124 cm³/mol. The van der Waals surface area contributed by atoms with E-state index >= 15 is 0 Å². The van der Waals surface area contributed by atoms with Gasteiger partial charge in [-0.1, -0.05) is 60.3 Å². The Morgan fingerprint density at radius 2 is 1.52 bits per heavy atom. The zero-order chi connectivity index (χ0) is 20.8. The Bertz CT molecular complexity index is 557. The van der Waals surface area contributed by atoms with Gasteiger partial charge in [-0.3, -0.25) is 0 Å². The summed E-state index contributed by atoms with van der Waals surface area (Å²) in [4.78, 5) is 0. The van der Waals surface area contributed by atoms with Crippen molar-refractivity contribution in [1.29, 1.82) is 0 Å². The summed E-state index contributed by atoms with van der Waals surface area (Å²) in [5.74, 6) is 7.06. The maximum Gasteiger partial charge on any atom is 0.0459 e. The molecule has 0 aromatic heterocycles. The van der Waals surface area contributed by atoms with Gasteiger partial charge in [0, 0.05) is 6.61 Å². The summed E-state index contributed by atoms with van der Waals surface area (Å²) in [5.41, 5.74) is 1.30. The molecule has 10 atom stereocenters. The summed E-state index contributed by atoms with van der Waals surface area (Å²) in [5, 5.41) is 9.49. The summed E-state index contributed by atoms with van der Waals surface area (Å²) < 4.78 is 0. The van der Waals surface area contributed by atoms with Crippen LogP contribution < -0.4 is 0 Å². The monoisotopic (exact) mass is 402 g/mol. The van der Waals surface area contributed by atoms with Gasteiger partial charge in [-0.15, -0.1) is 0 Å². The van der Waals surface area contributed by atoms with Crippen molar-refractivity contribution in [1.82, 2.24) is 0 Å². The minimum absolute atomic E-state index is 0.349. The second kappa shape index (κ2) is 8.48. The Labute approximate surface area is 181 Å². The molecule has 1 heteroatoms. The average molecular weight is 403 g/mol. The molecule has 0 saturated heterocycles. The molecule has 1 N–H and O–H groups in total. The highest BCUT2D eigenvalue weighted by Crippen LogP contribution is 2.68. The molecule has 4 aliphatic rings. The molecular weight excluding hydrogens is 352 g/mol. The van der Waals surface area contributed by atoms with E-state index in [0.29, 0.717) is 29.3 Å². The second-order valence-corrected chi connectivity index (χ2v) is 12.8. The minimum Gasteiger partial charge on any atom is -0.396 e. The summed E-state index contributed by atoms with van der Waals surface area (Å²) in [7, 11) is 0. The fourth-order valence-corrected chi connectivity index (χ4v) is 9.46. The predicted octanol–water partition coefficient (Wildman–Crippen LogP) is 7.72. The zero-order valence-corrected chi connectivity index (χ0v) is 20.3. The van der Waals surface area contributed by atoms with Crippen LogP contribution in [-0.4, -0.2) is 11.7 Å². The first-order valence-corrected chi connectivity index (χ1v) is 13.4. The van der Waals surface area contributed by atoms with Gasteiger partial charge < -0.3 is 5.11 Å². The van der Waals surface area contributed by atoms with Crippen LogP contribution in [0.5, 0.6) is 0 Å². The highest BCUT2D eigenvalue weighted by atomic mass is 16.3. The molecular formula is C28H50O. The van der Waals surface area contributed by atoms with Crippen molar-refractivity contribution in [2.75, 3.05) is 6.61 Å². The van der Waals surface area contributed by atoms with E-state index in [0.717, 1.165) is 35.5 Å². The molecule has 4 aliphatic carbocycles. The van der Waals surface area contributed by atoms with Crippen LogP contribution in [-0.2, 0) is 0 Å². The normalized spacial score (nSPS) is 47.6. The van der Waals surface area contributed by atoms with Crippen LogP contribution in [0.4, 0.5) is 0 Å². The van der Waals surface area contributed by atoms with Crippen LogP contribution in [0.2, 0.25) is 0 Å². The van der Waals surface area contributed by atoms with Crippen molar-refractivity contribution in [3.05, 3.63) is 0 Å². The van der Waals surface area contributed by atoms with E-state index in [-0.39, 0.29) is 0 Å². The highest BCUT2D eigenvalue weighted by Gasteiger charge is 2.60. The molecule has 4 fully saturated rings. The molecule has 0 heterocycles. The molecule has 0 radical (unpaired) electrons. The Hall–Kier alpha value is -0.0400. The van der Waals surface area contributed by atoms with Gasteiger partial charge in [0.15, 0.2) is 0 Å². The molecule has 4 rings (SSSR count). The standard InChI is InChI=1S/C28H50O/c1-19(21(3)18-29)9-10-20(2)24-13-14-25-23-12-11-22-8-6-7-16-27(22,4)26(23)15-17-28(24,25)5/h19-26,29H,6-18H2,1-5H3/t19?,20?,21?,22?,23-,24+,25-,26-,27-,28+/m0/s1. The highest BCUT2D eigenvalue weighted by molar-refractivity contribution is 5.09. The van der Waals surface area contributed by atoms with Gasteiger partial charge in [-0.05, 0) is 110 Å². The lowest BCUT2D eigenvalue weighted by Crippen LogP contribution is -2.53. The van der Waals surface area contributed by atoms with Crippen LogP contribution in [0, 0.1) is 58.2 Å². The number of rotatable bonds is 6. The van der Waals surface area contributed by atoms with E-state index in [1.807, 2.05) is 0 Å². The van der Waals surface area contributed by atoms with Crippen LogP contribution >= 0.6 is 0 Å². The first-order chi connectivity index (χ1) is 13.8. The van der Waals surface area contributed by atoms with Gasteiger partial charge in [0.25, 0.3) is 0 Å². The molecule has 168 valence electrons. The van der Waals surface area contributed by atoms with Gasteiger partial charge in [0.1, 0.15) is 0 Å². The third kappa shape index (κ3) is 3.74. The fraction of sp³-hybridized carbons (Fsp3) is 1.00. The third-order valence-electron chi connectivity index (χ3n) is 11.7. The number of aliphatic hydroxyl groups excluding tert-OH is 1. The number of hydrogen-bond acceptors (Lipinski definition) is 1. The lowest BCUT2D eigenvalue weighted by Gasteiger charge is -2.61. The molecule has 0 aliphatic heterocycles. The van der Waals surface area contributed by atoms with Crippen LogP contribution in [0.1, 0.15) is 112 Å². The number of aliphatic hydroxyl groups is 1. The molecule has 1 nitrogen and oxygen atoms in total. The Balaban J connectivity index is 1.44. The van der Waals surface area contributed by atoms with E-state index in [9.17, 15) is 5.11 Å².